The number of ether oxygens (including phenoxy) is 3. The van der Waals surface area contributed by atoms with Crippen molar-refractivity contribution in [3.05, 3.63) is 46.4 Å². The molecule has 0 saturated heterocycles. The van der Waals surface area contributed by atoms with Crippen molar-refractivity contribution in [3.63, 3.8) is 0 Å². The van der Waals surface area contributed by atoms with Crippen molar-refractivity contribution in [3.8, 4) is 17.2 Å². The van der Waals surface area contributed by atoms with Crippen LogP contribution in [0.2, 0.25) is 0 Å². The van der Waals surface area contributed by atoms with Gasteiger partial charge in [-0.3, -0.25) is 0 Å². The Kier molecular flexibility index (Phi) is 6.81. The second-order valence-corrected chi connectivity index (χ2v) is 6.59. The quantitative estimate of drug-likeness (QED) is 0.566. The summed E-state index contributed by atoms with van der Waals surface area (Å²) in [5.74, 6) is 2.76. The molecule has 0 fully saturated rings. The predicted octanol–water partition coefficient (Wildman–Crippen LogP) is 4.35. The molecule has 5 nitrogen and oxygen atoms in total. The van der Waals surface area contributed by atoms with Crippen molar-refractivity contribution < 1.29 is 14.2 Å². The lowest BCUT2D eigenvalue weighted by atomic mass is 10.2. The van der Waals surface area contributed by atoms with Crippen LogP contribution in [0.15, 0.2) is 45.9 Å². The van der Waals surface area contributed by atoms with Gasteiger partial charge in [0.15, 0.2) is 16.7 Å². The molecule has 0 amide bonds. The number of benzene rings is 2. The summed E-state index contributed by atoms with van der Waals surface area (Å²) >= 11 is 4.99. The van der Waals surface area contributed by atoms with E-state index in [1.54, 1.807) is 21.3 Å². The number of nitrogens with zero attached hydrogens (tertiary/aromatic N) is 1. The summed E-state index contributed by atoms with van der Waals surface area (Å²) in [5.41, 5.74) is 7.82. The summed E-state index contributed by atoms with van der Waals surface area (Å²) in [5, 5.41) is 0.477. The lowest BCUT2D eigenvalue weighted by Crippen LogP contribution is -2.06. The van der Waals surface area contributed by atoms with Gasteiger partial charge in [-0.15, -0.1) is 0 Å². The third-order valence-corrected chi connectivity index (χ3v) is 4.80. The van der Waals surface area contributed by atoms with Gasteiger partial charge < -0.3 is 19.9 Å². The summed E-state index contributed by atoms with van der Waals surface area (Å²) in [6.07, 6.45) is 0. The number of hydrogen-bond acceptors (Lipinski definition) is 5. The molecule has 0 unspecified atom stereocenters. The van der Waals surface area contributed by atoms with Crippen LogP contribution in [-0.4, -0.2) is 26.5 Å². The molecule has 0 aliphatic heterocycles. The first kappa shape index (κ1) is 18.5. The molecule has 24 heavy (non-hydrogen) atoms. The average molecular weight is 411 g/mol. The van der Waals surface area contributed by atoms with Crippen molar-refractivity contribution in [1.82, 2.24) is 0 Å². The number of amidine groups is 1. The predicted molar refractivity (Wildman–Crippen MR) is 103 cm³/mol. The van der Waals surface area contributed by atoms with E-state index in [0.717, 1.165) is 21.5 Å². The summed E-state index contributed by atoms with van der Waals surface area (Å²) in [6, 6.07) is 11.3. The average Bonchev–Trinajstić information content (AvgIpc) is 2.60. The minimum absolute atomic E-state index is 0.477. The molecule has 2 aromatic carbocycles. The number of methoxy groups -OCH3 is 3. The van der Waals surface area contributed by atoms with Crippen LogP contribution in [0.1, 0.15) is 5.56 Å². The summed E-state index contributed by atoms with van der Waals surface area (Å²) in [4.78, 5) is 4.39. The van der Waals surface area contributed by atoms with Gasteiger partial charge in [0.25, 0.3) is 0 Å². The standard InChI is InChI=1S/C17H19BrN2O3S/c1-21-13-6-4-5-12(8-13)20-17(19)24-10-11-7-15(22-2)16(23-3)9-14(11)18/h4-9H,10H2,1-3H3,(H2,19,20). The smallest absolute Gasteiger partial charge is 0.161 e. The van der Waals surface area contributed by atoms with Gasteiger partial charge in [0.05, 0.1) is 27.0 Å². The summed E-state index contributed by atoms with van der Waals surface area (Å²) in [6.45, 7) is 0. The molecule has 0 heterocycles. The van der Waals surface area contributed by atoms with Crippen LogP contribution in [-0.2, 0) is 5.75 Å². The molecule has 2 rings (SSSR count). The lowest BCUT2D eigenvalue weighted by Gasteiger charge is -2.11. The van der Waals surface area contributed by atoms with Crippen LogP contribution >= 0.6 is 27.7 Å². The SMILES string of the molecule is COc1cccc(N=C(N)SCc2cc(OC)c(OC)cc2Br)c1. The minimum atomic E-state index is 0.477. The number of hydrogen-bond donors (Lipinski definition) is 1. The second kappa shape index (κ2) is 8.84. The Morgan fingerprint density at radius 1 is 1.08 bits per heavy atom. The van der Waals surface area contributed by atoms with Crippen LogP contribution in [0.3, 0.4) is 0 Å². The third-order valence-electron chi connectivity index (χ3n) is 3.22. The van der Waals surface area contributed by atoms with E-state index in [1.807, 2.05) is 36.4 Å². The van der Waals surface area contributed by atoms with Crippen LogP contribution < -0.4 is 19.9 Å². The lowest BCUT2D eigenvalue weighted by molar-refractivity contribution is 0.354. The maximum Gasteiger partial charge on any atom is 0.161 e. The molecule has 128 valence electrons. The van der Waals surface area contributed by atoms with Gasteiger partial charge in [0.2, 0.25) is 0 Å². The van der Waals surface area contributed by atoms with E-state index in [1.165, 1.54) is 11.8 Å². The van der Waals surface area contributed by atoms with Crippen molar-refractivity contribution in [2.24, 2.45) is 10.7 Å². The topological polar surface area (TPSA) is 66.1 Å². The maximum absolute atomic E-state index is 6.02. The largest absolute Gasteiger partial charge is 0.497 e. The summed E-state index contributed by atoms with van der Waals surface area (Å²) < 4.78 is 16.7. The fraction of sp³-hybridized carbons (Fsp3) is 0.235. The van der Waals surface area contributed by atoms with E-state index >= 15 is 0 Å². The first-order chi connectivity index (χ1) is 11.6. The van der Waals surface area contributed by atoms with Gasteiger partial charge in [-0.05, 0) is 29.8 Å². The van der Waals surface area contributed by atoms with Gasteiger partial charge in [-0.1, -0.05) is 33.8 Å². The fourth-order valence-electron chi connectivity index (χ4n) is 2.00. The van der Waals surface area contributed by atoms with E-state index in [2.05, 4.69) is 20.9 Å². The Morgan fingerprint density at radius 3 is 2.46 bits per heavy atom. The normalized spacial score (nSPS) is 11.2. The van der Waals surface area contributed by atoms with Gasteiger partial charge >= 0.3 is 0 Å². The minimum Gasteiger partial charge on any atom is -0.497 e. The highest BCUT2D eigenvalue weighted by Crippen LogP contribution is 2.35. The molecule has 0 aliphatic carbocycles. The van der Waals surface area contributed by atoms with Crippen molar-refractivity contribution in [2.45, 2.75) is 5.75 Å². The highest BCUT2D eigenvalue weighted by Gasteiger charge is 2.10. The van der Waals surface area contributed by atoms with E-state index in [9.17, 15) is 0 Å². The molecule has 0 aromatic heterocycles. The Labute approximate surface area is 154 Å². The maximum atomic E-state index is 6.02. The Hall–Kier alpha value is -1.86. The number of aliphatic imine (C=N–C) groups is 1. The molecule has 7 heteroatoms. The third kappa shape index (κ3) is 4.82. The first-order valence-corrected chi connectivity index (χ1v) is 8.86. The van der Waals surface area contributed by atoms with E-state index in [4.69, 9.17) is 19.9 Å². The van der Waals surface area contributed by atoms with E-state index in [-0.39, 0.29) is 0 Å². The highest BCUT2D eigenvalue weighted by atomic mass is 79.9. The van der Waals surface area contributed by atoms with E-state index < -0.39 is 0 Å². The number of nitrogens with two attached hydrogens (primary N) is 1. The van der Waals surface area contributed by atoms with Crippen LogP contribution in [0.5, 0.6) is 17.2 Å². The molecule has 2 aromatic rings. The molecule has 0 atom stereocenters. The van der Waals surface area contributed by atoms with Crippen LogP contribution in [0.25, 0.3) is 0 Å². The van der Waals surface area contributed by atoms with Crippen molar-refractivity contribution in [1.29, 1.82) is 0 Å². The van der Waals surface area contributed by atoms with Gasteiger partial charge in [-0.25, -0.2) is 4.99 Å². The Morgan fingerprint density at radius 2 is 1.79 bits per heavy atom. The zero-order valence-corrected chi connectivity index (χ0v) is 16.1. The zero-order valence-electron chi connectivity index (χ0n) is 13.7. The number of halogens is 1. The molecule has 0 saturated carbocycles. The van der Waals surface area contributed by atoms with Gasteiger partial charge in [0, 0.05) is 16.3 Å². The highest BCUT2D eigenvalue weighted by molar-refractivity contribution is 9.10. The molecular formula is C17H19BrN2O3S. The first-order valence-electron chi connectivity index (χ1n) is 7.08. The van der Waals surface area contributed by atoms with Gasteiger partial charge in [-0.2, -0.15) is 0 Å². The molecule has 0 bridgehead atoms. The number of thioether (sulfide) groups is 1. The Balaban J connectivity index is 2.10. The summed E-state index contributed by atoms with van der Waals surface area (Å²) in [7, 11) is 4.84. The van der Waals surface area contributed by atoms with Gasteiger partial charge in [0.1, 0.15) is 5.75 Å². The second-order valence-electron chi connectivity index (χ2n) is 4.74. The number of rotatable bonds is 6. The molecule has 2 N–H and O–H groups in total. The molecule has 0 spiro atoms. The van der Waals surface area contributed by atoms with Crippen LogP contribution in [0.4, 0.5) is 5.69 Å². The molecular weight excluding hydrogens is 392 g/mol. The monoisotopic (exact) mass is 410 g/mol. The zero-order chi connectivity index (χ0) is 17.5. The Bertz CT molecular complexity index is 738. The molecule has 0 radical (unpaired) electrons. The van der Waals surface area contributed by atoms with Crippen LogP contribution in [0, 0.1) is 0 Å². The molecule has 0 aliphatic rings. The van der Waals surface area contributed by atoms with E-state index in [0.29, 0.717) is 22.4 Å². The van der Waals surface area contributed by atoms with Crippen molar-refractivity contribution in [2.75, 3.05) is 21.3 Å². The van der Waals surface area contributed by atoms with Crippen molar-refractivity contribution >= 4 is 38.5 Å². The fourth-order valence-corrected chi connectivity index (χ4v) is 3.36.